The lowest BCUT2D eigenvalue weighted by molar-refractivity contribution is 0.170. The lowest BCUT2D eigenvalue weighted by Crippen LogP contribution is -2.32. The van der Waals surface area contributed by atoms with Gasteiger partial charge in [-0.2, -0.15) is 0 Å². The third-order valence-electron chi connectivity index (χ3n) is 4.63. The van der Waals surface area contributed by atoms with Crippen molar-refractivity contribution in [3.63, 3.8) is 0 Å². The zero-order valence-corrected chi connectivity index (χ0v) is 11.9. The third-order valence-corrected chi connectivity index (χ3v) is 4.63. The van der Waals surface area contributed by atoms with Gasteiger partial charge in [0.2, 0.25) is 0 Å². The van der Waals surface area contributed by atoms with E-state index < -0.39 is 0 Å². The summed E-state index contributed by atoms with van der Waals surface area (Å²) in [5.74, 6) is 1.77. The number of fused-ring (bicyclic) bond motifs is 1. The Kier molecular flexibility index (Phi) is 3.40. The Morgan fingerprint density at radius 1 is 1.11 bits per heavy atom. The van der Waals surface area contributed by atoms with Crippen LogP contribution in [0.1, 0.15) is 44.2 Å². The third kappa shape index (κ3) is 2.32. The van der Waals surface area contributed by atoms with Crippen molar-refractivity contribution in [3.8, 4) is 11.5 Å². The molecule has 0 aromatic heterocycles. The number of hydrogen-bond donors (Lipinski definition) is 1. The van der Waals surface area contributed by atoms with Crippen LogP contribution in [0.3, 0.4) is 0 Å². The Hall–Kier alpha value is -1.22. The van der Waals surface area contributed by atoms with Gasteiger partial charge in [-0.3, -0.25) is 0 Å². The van der Waals surface area contributed by atoms with Crippen molar-refractivity contribution in [2.75, 3.05) is 20.3 Å². The minimum absolute atomic E-state index is 0.360. The first kappa shape index (κ1) is 12.8. The normalized spacial score (nSPS) is 22.2. The van der Waals surface area contributed by atoms with Gasteiger partial charge >= 0.3 is 0 Å². The molecule has 1 unspecified atom stereocenters. The van der Waals surface area contributed by atoms with Gasteiger partial charge in [-0.1, -0.05) is 25.8 Å². The molecular weight excluding hydrogens is 238 g/mol. The summed E-state index contributed by atoms with van der Waals surface area (Å²) < 4.78 is 11.3. The van der Waals surface area contributed by atoms with E-state index in [2.05, 4.69) is 31.4 Å². The Labute approximate surface area is 115 Å². The molecule has 1 atom stereocenters. The quantitative estimate of drug-likeness (QED) is 0.905. The molecule has 1 N–H and O–H groups in total. The molecule has 1 aliphatic heterocycles. The fraction of sp³-hybridized carbons (Fsp3) is 0.625. The predicted molar refractivity (Wildman–Crippen MR) is 75.8 cm³/mol. The Morgan fingerprint density at radius 2 is 1.79 bits per heavy atom. The average molecular weight is 261 g/mol. The van der Waals surface area contributed by atoms with Crippen LogP contribution in [0.2, 0.25) is 0 Å². The number of nitrogens with one attached hydrogen (secondary N) is 1. The monoisotopic (exact) mass is 261 g/mol. The van der Waals surface area contributed by atoms with Crippen LogP contribution in [-0.4, -0.2) is 20.3 Å². The second-order valence-electron chi connectivity index (χ2n) is 5.99. The van der Waals surface area contributed by atoms with Crippen molar-refractivity contribution in [2.45, 2.75) is 38.6 Å². The van der Waals surface area contributed by atoms with Gasteiger partial charge in [0.15, 0.2) is 11.5 Å². The van der Waals surface area contributed by atoms with Gasteiger partial charge in [-0.15, -0.1) is 0 Å². The number of rotatable bonds is 3. The molecule has 0 bridgehead atoms. The standard InChI is InChI=1S/C16H23NO2/c1-16(7-3-4-8-16)15(17-2)12-5-6-13-14(11-12)19-10-9-18-13/h5-6,11,15,17H,3-4,7-10H2,1-2H3. The predicted octanol–water partition coefficient (Wildman–Crippen LogP) is 3.30. The van der Waals surface area contributed by atoms with Crippen LogP contribution >= 0.6 is 0 Å². The van der Waals surface area contributed by atoms with Gasteiger partial charge in [0.1, 0.15) is 13.2 Å². The van der Waals surface area contributed by atoms with E-state index in [9.17, 15) is 0 Å². The summed E-state index contributed by atoms with van der Waals surface area (Å²) in [5.41, 5.74) is 1.68. The number of hydrogen-bond acceptors (Lipinski definition) is 3. The van der Waals surface area contributed by atoms with Crippen molar-refractivity contribution >= 4 is 0 Å². The van der Waals surface area contributed by atoms with Crippen LogP contribution in [0, 0.1) is 5.41 Å². The molecule has 0 radical (unpaired) electrons. The molecule has 1 aromatic rings. The summed E-state index contributed by atoms with van der Waals surface area (Å²) in [6.07, 6.45) is 5.29. The first-order valence-electron chi connectivity index (χ1n) is 7.30. The second-order valence-corrected chi connectivity index (χ2v) is 5.99. The molecule has 19 heavy (non-hydrogen) atoms. The summed E-state index contributed by atoms with van der Waals surface area (Å²) in [7, 11) is 2.06. The van der Waals surface area contributed by atoms with Crippen LogP contribution in [0.5, 0.6) is 11.5 Å². The first-order chi connectivity index (χ1) is 9.23. The van der Waals surface area contributed by atoms with E-state index in [-0.39, 0.29) is 0 Å². The van der Waals surface area contributed by atoms with Gasteiger partial charge in [0.05, 0.1) is 0 Å². The zero-order chi connectivity index (χ0) is 13.3. The van der Waals surface area contributed by atoms with E-state index in [1.54, 1.807) is 0 Å². The molecule has 2 aliphatic rings. The van der Waals surface area contributed by atoms with E-state index in [0.29, 0.717) is 24.7 Å². The maximum atomic E-state index is 5.70. The van der Waals surface area contributed by atoms with Crippen LogP contribution in [-0.2, 0) is 0 Å². The molecule has 3 heteroatoms. The van der Waals surface area contributed by atoms with Crippen LogP contribution in [0.4, 0.5) is 0 Å². The minimum atomic E-state index is 0.360. The number of benzene rings is 1. The lowest BCUT2D eigenvalue weighted by Gasteiger charge is -2.35. The Morgan fingerprint density at radius 3 is 2.47 bits per heavy atom. The summed E-state index contributed by atoms with van der Waals surface area (Å²) >= 11 is 0. The van der Waals surface area contributed by atoms with Crippen molar-refractivity contribution in [1.29, 1.82) is 0 Å². The van der Waals surface area contributed by atoms with Crippen molar-refractivity contribution in [2.24, 2.45) is 5.41 Å². The molecule has 0 saturated heterocycles. The van der Waals surface area contributed by atoms with E-state index in [1.165, 1.54) is 31.2 Å². The molecule has 1 aromatic carbocycles. The first-order valence-corrected chi connectivity index (χ1v) is 7.30. The van der Waals surface area contributed by atoms with Crippen LogP contribution < -0.4 is 14.8 Å². The van der Waals surface area contributed by atoms with Gasteiger partial charge < -0.3 is 14.8 Å². The summed E-state index contributed by atoms with van der Waals surface area (Å²) in [6, 6.07) is 6.77. The van der Waals surface area contributed by atoms with Crippen LogP contribution in [0.15, 0.2) is 18.2 Å². The average Bonchev–Trinajstić information content (AvgIpc) is 2.87. The summed E-state index contributed by atoms with van der Waals surface area (Å²) in [6.45, 7) is 3.70. The molecule has 1 aliphatic carbocycles. The van der Waals surface area contributed by atoms with Gasteiger partial charge in [-0.05, 0) is 43.0 Å². The summed E-state index contributed by atoms with van der Waals surface area (Å²) in [4.78, 5) is 0. The molecule has 0 amide bonds. The molecule has 3 nitrogen and oxygen atoms in total. The molecule has 1 heterocycles. The van der Waals surface area contributed by atoms with Crippen molar-refractivity contribution in [1.82, 2.24) is 5.32 Å². The topological polar surface area (TPSA) is 30.5 Å². The molecular formula is C16H23NO2. The SMILES string of the molecule is CNC(c1ccc2c(c1)OCCO2)C1(C)CCCC1. The molecule has 104 valence electrons. The Balaban J connectivity index is 1.91. The van der Waals surface area contributed by atoms with Gasteiger partial charge in [0.25, 0.3) is 0 Å². The van der Waals surface area contributed by atoms with E-state index in [1.807, 2.05) is 6.07 Å². The highest BCUT2D eigenvalue weighted by Gasteiger charge is 2.37. The number of ether oxygens (including phenoxy) is 2. The fourth-order valence-electron chi connectivity index (χ4n) is 3.63. The van der Waals surface area contributed by atoms with Gasteiger partial charge in [-0.25, -0.2) is 0 Å². The van der Waals surface area contributed by atoms with E-state index in [4.69, 9.17) is 9.47 Å². The second kappa shape index (κ2) is 5.04. The zero-order valence-electron chi connectivity index (χ0n) is 11.9. The smallest absolute Gasteiger partial charge is 0.161 e. The molecule has 1 fully saturated rings. The molecule has 3 rings (SSSR count). The lowest BCUT2D eigenvalue weighted by atomic mass is 9.77. The highest BCUT2D eigenvalue weighted by molar-refractivity contribution is 5.45. The molecule has 0 spiro atoms. The van der Waals surface area contributed by atoms with E-state index >= 15 is 0 Å². The highest BCUT2D eigenvalue weighted by Crippen LogP contribution is 2.48. The maximum Gasteiger partial charge on any atom is 0.161 e. The fourth-order valence-corrected chi connectivity index (χ4v) is 3.63. The minimum Gasteiger partial charge on any atom is -0.486 e. The van der Waals surface area contributed by atoms with Gasteiger partial charge in [0, 0.05) is 6.04 Å². The van der Waals surface area contributed by atoms with Crippen molar-refractivity contribution in [3.05, 3.63) is 23.8 Å². The Bertz CT molecular complexity index is 452. The van der Waals surface area contributed by atoms with Crippen LogP contribution in [0.25, 0.3) is 0 Å². The largest absolute Gasteiger partial charge is 0.486 e. The molecule has 1 saturated carbocycles. The summed E-state index contributed by atoms with van der Waals surface area (Å²) in [5, 5.41) is 3.51. The van der Waals surface area contributed by atoms with Crippen molar-refractivity contribution < 1.29 is 9.47 Å². The van der Waals surface area contributed by atoms with E-state index in [0.717, 1.165) is 11.5 Å². The maximum absolute atomic E-state index is 5.70. The highest BCUT2D eigenvalue weighted by atomic mass is 16.6.